The fraction of sp³-hybridized carbons (Fsp3) is 0.462. The third kappa shape index (κ3) is 2.66. The van der Waals surface area contributed by atoms with E-state index in [1.165, 1.54) is 6.07 Å². The van der Waals surface area contributed by atoms with E-state index in [9.17, 15) is 19.1 Å². The monoisotopic (exact) mass is 252 g/mol. The number of nitriles is 1. The number of hydrogen-bond acceptors (Lipinski definition) is 3. The summed E-state index contributed by atoms with van der Waals surface area (Å²) in [4.78, 5) is 1.87. The molecule has 1 aliphatic rings. The maximum atomic E-state index is 13.2. The highest BCUT2D eigenvalue weighted by molar-refractivity contribution is 5.26. The lowest BCUT2D eigenvalue weighted by Crippen LogP contribution is -2.38. The molecule has 0 spiro atoms. The van der Waals surface area contributed by atoms with E-state index in [-0.39, 0.29) is 6.10 Å². The minimum absolute atomic E-state index is 0.328. The Balaban J connectivity index is 2.18. The third-order valence-corrected chi connectivity index (χ3v) is 3.25. The summed E-state index contributed by atoms with van der Waals surface area (Å²) >= 11 is 0. The normalized spacial score (nSPS) is 19.4. The van der Waals surface area contributed by atoms with Gasteiger partial charge in [-0.15, -0.1) is 0 Å². The molecule has 0 radical (unpaired) electrons. The average Bonchev–Trinajstić information content (AvgIpc) is 2.37. The highest BCUT2D eigenvalue weighted by Crippen LogP contribution is 2.25. The molecule has 2 rings (SSSR count). The van der Waals surface area contributed by atoms with Crippen molar-refractivity contribution in [2.75, 3.05) is 13.1 Å². The van der Waals surface area contributed by atoms with Crippen LogP contribution in [0.2, 0.25) is 0 Å². The van der Waals surface area contributed by atoms with Crippen molar-refractivity contribution in [3.63, 3.8) is 0 Å². The molecule has 1 aliphatic heterocycles. The topological polar surface area (TPSA) is 47.3 Å². The first kappa shape index (κ1) is 12.9. The van der Waals surface area contributed by atoms with Crippen LogP contribution in [0.4, 0.5) is 8.78 Å². The number of piperidine rings is 1. The van der Waals surface area contributed by atoms with Gasteiger partial charge in [0.05, 0.1) is 12.2 Å². The molecule has 0 saturated carbocycles. The summed E-state index contributed by atoms with van der Waals surface area (Å²) in [6.07, 6.45) is 0.870. The molecule has 0 amide bonds. The number of rotatable bonds is 2. The predicted octanol–water partition coefficient (Wildman–Crippen LogP) is 1.99. The Hall–Kier alpha value is -1.51. The summed E-state index contributed by atoms with van der Waals surface area (Å²) in [7, 11) is 0. The van der Waals surface area contributed by atoms with Gasteiger partial charge in [-0.1, -0.05) is 6.07 Å². The fourth-order valence-corrected chi connectivity index (χ4v) is 2.19. The van der Waals surface area contributed by atoms with Crippen LogP contribution in [-0.2, 0) is 0 Å². The number of likely N-dealkylation sites (tertiary alicyclic amines) is 1. The average molecular weight is 252 g/mol. The SMILES string of the molecule is N#CC(c1ccc(F)c(F)c1)N1CCC(O)CC1. The molecule has 3 nitrogen and oxygen atoms in total. The second kappa shape index (κ2) is 5.42. The van der Waals surface area contributed by atoms with Crippen LogP contribution in [0.5, 0.6) is 0 Å². The Morgan fingerprint density at radius 3 is 2.50 bits per heavy atom. The molecule has 5 heteroatoms. The first-order valence-electron chi connectivity index (χ1n) is 5.88. The van der Waals surface area contributed by atoms with E-state index in [1.54, 1.807) is 0 Å². The summed E-state index contributed by atoms with van der Waals surface area (Å²) < 4.78 is 26.0. The van der Waals surface area contributed by atoms with Crippen LogP contribution in [0.25, 0.3) is 0 Å². The quantitative estimate of drug-likeness (QED) is 0.875. The van der Waals surface area contributed by atoms with Crippen LogP contribution >= 0.6 is 0 Å². The van der Waals surface area contributed by atoms with Gasteiger partial charge in [-0.25, -0.2) is 8.78 Å². The number of benzene rings is 1. The van der Waals surface area contributed by atoms with Crippen molar-refractivity contribution in [1.29, 1.82) is 5.26 Å². The minimum Gasteiger partial charge on any atom is -0.393 e. The lowest BCUT2D eigenvalue weighted by molar-refractivity contribution is 0.0716. The molecule has 1 atom stereocenters. The highest BCUT2D eigenvalue weighted by atomic mass is 19.2. The zero-order valence-electron chi connectivity index (χ0n) is 9.81. The molecule has 0 bridgehead atoms. The summed E-state index contributed by atoms with van der Waals surface area (Å²) in [5.41, 5.74) is 0.452. The fourth-order valence-electron chi connectivity index (χ4n) is 2.19. The molecule has 1 aromatic carbocycles. The molecule has 0 aromatic heterocycles. The van der Waals surface area contributed by atoms with E-state index >= 15 is 0 Å². The summed E-state index contributed by atoms with van der Waals surface area (Å²) in [6, 6.07) is 5.04. The lowest BCUT2D eigenvalue weighted by Gasteiger charge is -2.32. The van der Waals surface area contributed by atoms with Crippen LogP contribution in [0, 0.1) is 23.0 Å². The molecular formula is C13H14F2N2O. The van der Waals surface area contributed by atoms with Crippen LogP contribution in [0.1, 0.15) is 24.4 Å². The highest BCUT2D eigenvalue weighted by Gasteiger charge is 2.25. The van der Waals surface area contributed by atoms with Gasteiger partial charge in [-0.2, -0.15) is 5.26 Å². The van der Waals surface area contributed by atoms with Gasteiger partial charge >= 0.3 is 0 Å². The lowest BCUT2D eigenvalue weighted by atomic mass is 10.0. The van der Waals surface area contributed by atoms with Crippen LogP contribution < -0.4 is 0 Å². The Morgan fingerprint density at radius 2 is 1.94 bits per heavy atom. The van der Waals surface area contributed by atoms with Crippen molar-refractivity contribution in [1.82, 2.24) is 4.90 Å². The van der Waals surface area contributed by atoms with Gasteiger partial charge in [-0.05, 0) is 30.5 Å². The van der Waals surface area contributed by atoms with E-state index in [1.807, 2.05) is 4.90 Å². The third-order valence-electron chi connectivity index (χ3n) is 3.25. The Morgan fingerprint density at radius 1 is 1.28 bits per heavy atom. The van der Waals surface area contributed by atoms with Gasteiger partial charge in [0.15, 0.2) is 11.6 Å². The van der Waals surface area contributed by atoms with E-state index in [2.05, 4.69) is 6.07 Å². The van der Waals surface area contributed by atoms with E-state index < -0.39 is 17.7 Å². The largest absolute Gasteiger partial charge is 0.393 e. The van der Waals surface area contributed by atoms with Gasteiger partial charge in [0, 0.05) is 13.1 Å². The smallest absolute Gasteiger partial charge is 0.159 e. The maximum absolute atomic E-state index is 13.2. The minimum atomic E-state index is -0.940. The molecule has 1 unspecified atom stereocenters. The maximum Gasteiger partial charge on any atom is 0.159 e. The molecule has 96 valence electrons. The molecule has 18 heavy (non-hydrogen) atoms. The van der Waals surface area contributed by atoms with Crippen molar-refractivity contribution in [3.05, 3.63) is 35.4 Å². The van der Waals surface area contributed by atoms with Crippen LogP contribution in [-0.4, -0.2) is 29.2 Å². The van der Waals surface area contributed by atoms with Gasteiger partial charge in [0.25, 0.3) is 0 Å². The van der Waals surface area contributed by atoms with Crippen molar-refractivity contribution >= 4 is 0 Å². The van der Waals surface area contributed by atoms with Gasteiger partial charge < -0.3 is 5.11 Å². The van der Waals surface area contributed by atoms with Gasteiger partial charge in [0.2, 0.25) is 0 Å². The molecule has 0 aliphatic carbocycles. The zero-order chi connectivity index (χ0) is 13.1. The zero-order valence-corrected chi connectivity index (χ0v) is 9.81. The summed E-state index contributed by atoms with van der Waals surface area (Å²) in [5.74, 6) is -1.85. The van der Waals surface area contributed by atoms with Crippen molar-refractivity contribution < 1.29 is 13.9 Å². The first-order valence-corrected chi connectivity index (χ1v) is 5.88. The molecule has 1 aromatic rings. The molecular weight excluding hydrogens is 238 g/mol. The second-order valence-electron chi connectivity index (χ2n) is 4.47. The van der Waals surface area contributed by atoms with E-state index in [0.717, 1.165) is 12.1 Å². The molecule has 1 heterocycles. The van der Waals surface area contributed by atoms with E-state index in [0.29, 0.717) is 31.5 Å². The Kier molecular flexibility index (Phi) is 3.90. The second-order valence-corrected chi connectivity index (χ2v) is 4.47. The number of nitrogens with zero attached hydrogens (tertiary/aromatic N) is 2. The summed E-state index contributed by atoms with van der Waals surface area (Å²) in [5, 5.41) is 18.6. The van der Waals surface area contributed by atoms with Crippen molar-refractivity contribution in [3.8, 4) is 6.07 Å². The van der Waals surface area contributed by atoms with E-state index in [4.69, 9.17) is 0 Å². The van der Waals surface area contributed by atoms with Gasteiger partial charge in [-0.3, -0.25) is 4.90 Å². The molecule has 1 fully saturated rings. The number of halogens is 2. The summed E-state index contributed by atoms with van der Waals surface area (Å²) in [6.45, 7) is 1.16. The number of aliphatic hydroxyl groups is 1. The van der Waals surface area contributed by atoms with Gasteiger partial charge in [0.1, 0.15) is 6.04 Å². The molecule has 1 saturated heterocycles. The van der Waals surface area contributed by atoms with Crippen molar-refractivity contribution in [2.45, 2.75) is 25.0 Å². The first-order chi connectivity index (χ1) is 8.61. The number of hydrogen-bond donors (Lipinski definition) is 1. The van der Waals surface area contributed by atoms with Crippen LogP contribution in [0.3, 0.4) is 0 Å². The van der Waals surface area contributed by atoms with Crippen molar-refractivity contribution in [2.24, 2.45) is 0 Å². The Bertz CT molecular complexity index is 465. The number of aliphatic hydroxyl groups excluding tert-OH is 1. The standard InChI is InChI=1S/C13H14F2N2O/c14-11-2-1-9(7-12(11)15)13(8-16)17-5-3-10(18)4-6-17/h1-2,7,10,13,18H,3-6H2. The van der Waals surface area contributed by atoms with Crippen LogP contribution in [0.15, 0.2) is 18.2 Å². The Labute approximate surface area is 104 Å². The molecule has 1 N–H and O–H groups in total. The predicted molar refractivity (Wildman–Crippen MR) is 61.5 cm³/mol.